The van der Waals surface area contributed by atoms with Gasteiger partial charge in [-0.1, -0.05) is 13.8 Å². The zero-order valence-electron chi connectivity index (χ0n) is 10.2. The Morgan fingerprint density at radius 1 is 1.44 bits per heavy atom. The summed E-state index contributed by atoms with van der Waals surface area (Å²) >= 11 is 2.18. The van der Waals surface area contributed by atoms with Crippen LogP contribution in [0.2, 0.25) is 0 Å². The van der Waals surface area contributed by atoms with Crippen LogP contribution < -0.4 is 5.32 Å². The Bertz CT molecular complexity index is 539. The molecule has 4 nitrogen and oxygen atoms in total. The topological polar surface area (TPSA) is 42.7 Å². The molecule has 0 aliphatic rings. The lowest BCUT2D eigenvalue weighted by Gasteiger charge is -2.11. The fraction of sp³-hybridized carbons (Fsp3) is 0.333. The molecule has 18 heavy (non-hydrogen) atoms. The first kappa shape index (κ1) is 13.4. The molecule has 1 N–H and O–H groups in total. The Balaban J connectivity index is 2.34. The molecular weight excluding hydrogens is 346 g/mol. The van der Waals surface area contributed by atoms with Gasteiger partial charge in [0.2, 0.25) is 0 Å². The van der Waals surface area contributed by atoms with Gasteiger partial charge in [0.1, 0.15) is 5.82 Å². The van der Waals surface area contributed by atoms with Crippen LogP contribution in [-0.4, -0.2) is 20.8 Å². The van der Waals surface area contributed by atoms with Crippen molar-refractivity contribution in [3.8, 4) is 5.82 Å². The first-order valence-electron chi connectivity index (χ1n) is 5.64. The fourth-order valence-electron chi connectivity index (χ4n) is 1.54. The van der Waals surface area contributed by atoms with E-state index in [1.165, 1.54) is 12.3 Å². The molecule has 0 saturated carbocycles. The van der Waals surface area contributed by atoms with Crippen LogP contribution in [0, 0.1) is 9.39 Å². The van der Waals surface area contributed by atoms with Crippen molar-refractivity contribution in [2.75, 3.05) is 0 Å². The normalized spacial score (nSPS) is 11.2. The molecule has 2 aromatic rings. The maximum Gasteiger partial charge on any atom is 0.158 e. The van der Waals surface area contributed by atoms with Gasteiger partial charge in [-0.25, -0.2) is 14.1 Å². The lowest BCUT2D eigenvalue weighted by molar-refractivity contribution is 0.574. The van der Waals surface area contributed by atoms with Crippen molar-refractivity contribution >= 4 is 22.6 Å². The summed E-state index contributed by atoms with van der Waals surface area (Å²) in [6.45, 7) is 4.65. The molecule has 0 amide bonds. The molecule has 2 aromatic heterocycles. The quantitative estimate of drug-likeness (QED) is 0.853. The van der Waals surface area contributed by atoms with E-state index in [9.17, 15) is 4.39 Å². The van der Waals surface area contributed by atoms with E-state index >= 15 is 0 Å². The van der Waals surface area contributed by atoms with E-state index in [1.807, 2.05) is 20.0 Å². The van der Waals surface area contributed by atoms with Crippen LogP contribution in [0.1, 0.15) is 19.4 Å². The highest BCUT2D eigenvalue weighted by atomic mass is 127. The maximum atomic E-state index is 13.3. The Morgan fingerprint density at radius 2 is 2.22 bits per heavy atom. The second-order valence-electron chi connectivity index (χ2n) is 4.27. The van der Waals surface area contributed by atoms with Crippen molar-refractivity contribution in [2.24, 2.45) is 0 Å². The Morgan fingerprint density at radius 3 is 2.83 bits per heavy atom. The van der Waals surface area contributed by atoms with Crippen molar-refractivity contribution in [1.29, 1.82) is 0 Å². The monoisotopic (exact) mass is 360 g/mol. The highest BCUT2D eigenvalue weighted by Gasteiger charge is 2.09. The molecule has 0 radical (unpaired) electrons. The summed E-state index contributed by atoms with van der Waals surface area (Å²) in [6.07, 6.45) is 4.81. The van der Waals surface area contributed by atoms with Gasteiger partial charge in [0.05, 0.1) is 16.0 Å². The molecule has 0 bridgehead atoms. The molecule has 0 atom stereocenters. The number of aromatic nitrogens is 3. The van der Waals surface area contributed by atoms with E-state index in [1.54, 1.807) is 10.9 Å². The Labute approximate surface area is 119 Å². The van der Waals surface area contributed by atoms with Crippen molar-refractivity contribution in [1.82, 2.24) is 20.1 Å². The first-order valence-corrected chi connectivity index (χ1v) is 6.72. The molecule has 0 aliphatic carbocycles. The standard InChI is InChI=1S/C12H14FIN4/c1-8(2)15-4-9-3-10(13)5-16-12(9)18-7-11(14)6-17-18/h3,5-8,15H,4H2,1-2H3. The molecule has 2 rings (SSSR count). The van der Waals surface area contributed by atoms with E-state index in [0.29, 0.717) is 18.4 Å². The van der Waals surface area contributed by atoms with Crippen molar-refractivity contribution in [3.05, 3.63) is 39.6 Å². The van der Waals surface area contributed by atoms with Gasteiger partial charge in [0.15, 0.2) is 5.82 Å². The number of hydrogen-bond acceptors (Lipinski definition) is 3. The molecule has 96 valence electrons. The lowest BCUT2D eigenvalue weighted by Crippen LogP contribution is -2.23. The Hall–Kier alpha value is -1.02. The molecular formula is C12H14FIN4. The third-order valence-electron chi connectivity index (χ3n) is 2.38. The van der Waals surface area contributed by atoms with Gasteiger partial charge in [-0.15, -0.1) is 0 Å². The molecule has 0 aliphatic heterocycles. The minimum absolute atomic E-state index is 0.332. The number of pyridine rings is 1. The van der Waals surface area contributed by atoms with E-state index in [2.05, 4.69) is 38.0 Å². The van der Waals surface area contributed by atoms with Gasteiger partial charge in [-0.05, 0) is 28.7 Å². The van der Waals surface area contributed by atoms with Gasteiger partial charge in [0.25, 0.3) is 0 Å². The number of hydrogen-bond donors (Lipinski definition) is 1. The minimum atomic E-state index is -0.332. The number of nitrogens with one attached hydrogen (secondary N) is 1. The number of nitrogens with zero attached hydrogens (tertiary/aromatic N) is 3. The van der Waals surface area contributed by atoms with Gasteiger partial charge < -0.3 is 5.32 Å². The van der Waals surface area contributed by atoms with Gasteiger partial charge >= 0.3 is 0 Å². The number of rotatable bonds is 4. The molecule has 0 aromatic carbocycles. The van der Waals surface area contributed by atoms with Crippen LogP contribution in [0.15, 0.2) is 24.7 Å². The van der Waals surface area contributed by atoms with E-state index in [4.69, 9.17) is 0 Å². The first-order chi connectivity index (χ1) is 8.56. The summed E-state index contributed by atoms with van der Waals surface area (Å²) in [4.78, 5) is 4.12. The van der Waals surface area contributed by atoms with Crippen molar-refractivity contribution in [3.63, 3.8) is 0 Å². The summed E-state index contributed by atoms with van der Waals surface area (Å²) in [5.74, 6) is 0.327. The largest absolute Gasteiger partial charge is 0.310 e. The molecule has 0 unspecified atom stereocenters. The molecule has 0 spiro atoms. The van der Waals surface area contributed by atoms with Crippen LogP contribution in [0.25, 0.3) is 5.82 Å². The smallest absolute Gasteiger partial charge is 0.158 e. The van der Waals surface area contributed by atoms with E-state index in [0.717, 1.165) is 9.13 Å². The molecule has 0 saturated heterocycles. The third-order valence-corrected chi connectivity index (χ3v) is 2.94. The lowest BCUT2D eigenvalue weighted by atomic mass is 10.2. The van der Waals surface area contributed by atoms with Crippen molar-refractivity contribution in [2.45, 2.75) is 26.4 Å². The molecule has 0 fully saturated rings. The van der Waals surface area contributed by atoms with E-state index in [-0.39, 0.29) is 5.82 Å². The number of halogens is 2. The maximum absolute atomic E-state index is 13.3. The van der Waals surface area contributed by atoms with Crippen LogP contribution in [0.5, 0.6) is 0 Å². The third kappa shape index (κ3) is 3.26. The van der Waals surface area contributed by atoms with Gasteiger partial charge in [0, 0.05) is 24.3 Å². The van der Waals surface area contributed by atoms with Crippen LogP contribution in [0.4, 0.5) is 4.39 Å². The summed E-state index contributed by atoms with van der Waals surface area (Å²) < 4.78 is 16.0. The zero-order chi connectivity index (χ0) is 13.1. The Kier molecular flexibility index (Phi) is 4.28. The zero-order valence-corrected chi connectivity index (χ0v) is 12.3. The molecule has 2 heterocycles. The summed E-state index contributed by atoms with van der Waals surface area (Å²) in [5, 5.41) is 7.46. The second-order valence-corrected chi connectivity index (χ2v) is 5.52. The van der Waals surface area contributed by atoms with Crippen molar-refractivity contribution < 1.29 is 4.39 Å². The summed E-state index contributed by atoms with van der Waals surface area (Å²) in [5.41, 5.74) is 0.795. The molecule has 6 heteroatoms. The van der Waals surface area contributed by atoms with Crippen LogP contribution in [0.3, 0.4) is 0 Å². The average molecular weight is 360 g/mol. The predicted octanol–water partition coefficient (Wildman–Crippen LogP) is 2.51. The average Bonchev–Trinajstić information content (AvgIpc) is 2.73. The summed E-state index contributed by atoms with van der Waals surface area (Å²) in [7, 11) is 0. The summed E-state index contributed by atoms with van der Waals surface area (Å²) in [6, 6.07) is 1.82. The van der Waals surface area contributed by atoms with Gasteiger partial charge in [-0.3, -0.25) is 0 Å². The second kappa shape index (κ2) is 5.75. The van der Waals surface area contributed by atoms with E-state index < -0.39 is 0 Å². The van der Waals surface area contributed by atoms with Crippen LogP contribution in [-0.2, 0) is 6.54 Å². The highest BCUT2D eigenvalue weighted by molar-refractivity contribution is 14.1. The van der Waals surface area contributed by atoms with Crippen LogP contribution >= 0.6 is 22.6 Å². The predicted molar refractivity (Wildman–Crippen MR) is 76.0 cm³/mol. The highest BCUT2D eigenvalue weighted by Crippen LogP contribution is 2.14. The SMILES string of the molecule is CC(C)NCc1cc(F)cnc1-n1cc(I)cn1. The van der Waals surface area contributed by atoms with Gasteiger partial charge in [-0.2, -0.15) is 5.10 Å². The minimum Gasteiger partial charge on any atom is -0.310 e. The fourth-order valence-corrected chi connectivity index (χ4v) is 1.93.